The minimum atomic E-state index is -0.230. The minimum absolute atomic E-state index is 0.188. The Morgan fingerprint density at radius 2 is 1.00 bits per heavy atom. The van der Waals surface area contributed by atoms with Gasteiger partial charge in [0.2, 0.25) is 11.8 Å². The number of carbonyl (C=O) groups excluding carboxylic acids is 2. The Morgan fingerprint density at radius 3 is 1.44 bits per heavy atom. The Labute approximate surface area is 361 Å². The Hall–Kier alpha value is -4.88. The molecule has 0 unspecified atom stereocenters. The van der Waals surface area contributed by atoms with Gasteiger partial charge in [0.15, 0.2) is 0 Å². The highest BCUT2D eigenvalue weighted by Crippen LogP contribution is 2.21. The summed E-state index contributed by atoms with van der Waals surface area (Å²) in [6.07, 6.45) is 4.43. The van der Waals surface area contributed by atoms with Crippen molar-refractivity contribution in [3.8, 4) is 0 Å². The number of hydrogen-bond donors (Lipinski definition) is 4. The molecule has 0 saturated carbocycles. The lowest BCUT2D eigenvalue weighted by Crippen LogP contribution is -2.48. The molecule has 4 aromatic rings. The first-order valence-corrected chi connectivity index (χ1v) is 22.3. The largest absolute Gasteiger partial charge is 0.382 e. The average Bonchev–Trinajstić information content (AvgIpc) is 3.26. The fourth-order valence-corrected chi connectivity index (χ4v) is 8.81. The molecule has 1 atom stereocenters. The van der Waals surface area contributed by atoms with Gasteiger partial charge in [0.25, 0.3) is 0 Å². The van der Waals surface area contributed by atoms with Crippen molar-refractivity contribution in [3.63, 3.8) is 0 Å². The third-order valence-corrected chi connectivity index (χ3v) is 12.3. The average molecular weight is 835 g/mol. The second kappa shape index (κ2) is 22.3. The fourth-order valence-electron chi connectivity index (χ4n) is 8.81. The van der Waals surface area contributed by atoms with Crippen LogP contribution in [0.5, 0.6) is 0 Å². The number of piperazine rings is 2. The van der Waals surface area contributed by atoms with Crippen molar-refractivity contribution in [1.82, 2.24) is 30.2 Å². The molecule has 12 heteroatoms. The van der Waals surface area contributed by atoms with E-state index in [1.54, 1.807) is 12.1 Å². The molecular formula is C49H64F2N8O2. The molecule has 0 bridgehead atoms. The number of likely N-dealkylation sites (tertiary alicyclic amines) is 2. The third-order valence-electron chi connectivity index (χ3n) is 12.3. The van der Waals surface area contributed by atoms with Crippen molar-refractivity contribution in [1.29, 1.82) is 0 Å². The van der Waals surface area contributed by atoms with Gasteiger partial charge in [-0.15, -0.1) is 0 Å². The van der Waals surface area contributed by atoms with Gasteiger partial charge < -0.3 is 31.1 Å². The molecule has 326 valence electrons. The molecule has 4 saturated heterocycles. The maximum absolute atomic E-state index is 13.4. The van der Waals surface area contributed by atoms with Crippen molar-refractivity contribution in [3.05, 3.63) is 131 Å². The van der Waals surface area contributed by atoms with Crippen LogP contribution in [-0.4, -0.2) is 122 Å². The Bertz CT molecular complexity index is 1980. The molecule has 0 spiro atoms. The molecule has 4 aliphatic rings. The Balaban J connectivity index is 0.000000184. The smallest absolute Gasteiger partial charge is 0.226 e. The van der Waals surface area contributed by atoms with E-state index in [1.807, 2.05) is 21.9 Å². The summed E-state index contributed by atoms with van der Waals surface area (Å²) in [4.78, 5) is 34.3. The summed E-state index contributed by atoms with van der Waals surface area (Å²) in [5.41, 5.74) is 6.36. The first-order valence-electron chi connectivity index (χ1n) is 22.3. The first-order chi connectivity index (χ1) is 29.7. The minimum Gasteiger partial charge on any atom is -0.382 e. The molecule has 4 fully saturated rings. The lowest BCUT2D eigenvalue weighted by molar-refractivity contribution is -0.132. The highest BCUT2D eigenvalue weighted by molar-refractivity contribution is 5.79. The number of piperidine rings is 2. The van der Waals surface area contributed by atoms with Crippen LogP contribution in [0.3, 0.4) is 0 Å². The van der Waals surface area contributed by atoms with E-state index in [1.165, 1.54) is 35.4 Å². The van der Waals surface area contributed by atoms with Crippen LogP contribution < -0.4 is 21.3 Å². The summed E-state index contributed by atoms with van der Waals surface area (Å²) in [6, 6.07) is 31.2. The molecular weight excluding hydrogens is 771 g/mol. The molecule has 10 nitrogen and oxygen atoms in total. The number of nitrogens with one attached hydrogen (secondary N) is 4. The number of nitrogens with zero attached hydrogens (tertiary/aromatic N) is 4. The number of hydrogen-bond acceptors (Lipinski definition) is 8. The molecule has 4 aromatic carbocycles. The maximum atomic E-state index is 13.4. The highest BCUT2D eigenvalue weighted by atomic mass is 19.1. The molecule has 61 heavy (non-hydrogen) atoms. The zero-order valence-electron chi connectivity index (χ0n) is 35.8. The van der Waals surface area contributed by atoms with Gasteiger partial charge in [-0.2, -0.15) is 0 Å². The van der Waals surface area contributed by atoms with E-state index in [2.05, 4.69) is 86.5 Å². The van der Waals surface area contributed by atoms with E-state index in [4.69, 9.17) is 0 Å². The lowest BCUT2D eigenvalue weighted by Gasteiger charge is -2.33. The van der Waals surface area contributed by atoms with Crippen LogP contribution in [0.1, 0.15) is 54.9 Å². The van der Waals surface area contributed by atoms with Crippen molar-refractivity contribution in [2.45, 2.75) is 76.7 Å². The number of carbonyl (C=O) groups is 2. The number of halogens is 2. The summed E-state index contributed by atoms with van der Waals surface area (Å²) in [6.45, 7) is 14.6. The molecule has 2 amide bonds. The summed E-state index contributed by atoms with van der Waals surface area (Å²) in [5, 5.41) is 13.6. The molecule has 0 aromatic heterocycles. The highest BCUT2D eigenvalue weighted by Gasteiger charge is 2.25. The molecule has 8 rings (SSSR count). The molecule has 4 aliphatic heterocycles. The van der Waals surface area contributed by atoms with Crippen molar-refractivity contribution in [2.24, 2.45) is 0 Å². The third kappa shape index (κ3) is 14.1. The van der Waals surface area contributed by atoms with Gasteiger partial charge >= 0.3 is 0 Å². The van der Waals surface area contributed by atoms with Crippen molar-refractivity contribution in [2.75, 3.05) is 82.6 Å². The summed E-state index contributed by atoms with van der Waals surface area (Å²) < 4.78 is 26.7. The zero-order valence-corrected chi connectivity index (χ0v) is 35.8. The number of rotatable bonds is 12. The number of amides is 2. The quantitative estimate of drug-likeness (QED) is 0.135. The second-order valence-electron chi connectivity index (χ2n) is 17.2. The standard InChI is InChI=1S/C25H33FN4O.C24H31FN4O/c1-19-17-29(14-11-27-19)18-21-7-5-20(6-8-21)15-25(31)30-12-9-23(10-13-30)28-24-4-2-3-22(26)16-24;25-21-2-1-3-23(17-21)27-22-8-12-29(13-9-22)24(30)16-19-4-6-20(7-5-19)18-28-14-10-26-11-15-28/h2-8,16,19,23,27-28H,9-15,17-18H2,1H3;1-7,17,22,26-27H,8-16,18H2/t19-;/m1./s1. The maximum Gasteiger partial charge on any atom is 0.226 e. The summed E-state index contributed by atoms with van der Waals surface area (Å²) >= 11 is 0. The van der Waals surface area contributed by atoms with E-state index < -0.39 is 0 Å². The van der Waals surface area contributed by atoms with Crippen LogP contribution in [0.15, 0.2) is 97.1 Å². The van der Waals surface area contributed by atoms with E-state index in [9.17, 15) is 18.4 Å². The van der Waals surface area contributed by atoms with Gasteiger partial charge in [0.05, 0.1) is 12.8 Å². The number of benzene rings is 4. The fraction of sp³-hybridized carbons (Fsp3) is 0.469. The van der Waals surface area contributed by atoms with Crippen molar-refractivity contribution < 1.29 is 18.4 Å². The van der Waals surface area contributed by atoms with Crippen molar-refractivity contribution >= 4 is 23.2 Å². The summed E-state index contributed by atoms with van der Waals surface area (Å²) in [7, 11) is 0. The predicted molar refractivity (Wildman–Crippen MR) is 240 cm³/mol. The van der Waals surface area contributed by atoms with E-state index in [-0.39, 0.29) is 35.5 Å². The van der Waals surface area contributed by atoms with E-state index >= 15 is 0 Å². The van der Waals surface area contributed by atoms with Crippen LogP contribution in [0.25, 0.3) is 0 Å². The molecule has 0 aliphatic carbocycles. The Morgan fingerprint density at radius 1 is 0.574 bits per heavy atom. The second-order valence-corrected chi connectivity index (χ2v) is 17.2. The van der Waals surface area contributed by atoms with Crippen LogP contribution >= 0.6 is 0 Å². The van der Waals surface area contributed by atoms with Gasteiger partial charge in [-0.3, -0.25) is 19.4 Å². The topological polar surface area (TPSA) is 95.2 Å². The van der Waals surface area contributed by atoms with Gasteiger partial charge in [-0.25, -0.2) is 8.78 Å². The first kappa shape index (κ1) is 44.2. The van der Waals surface area contributed by atoms with E-state index in [0.29, 0.717) is 18.9 Å². The number of anilines is 2. The van der Waals surface area contributed by atoms with Gasteiger partial charge in [-0.05, 0) is 91.3 Å². The Kier molecular flexibility index (Phi) is 16.1. The SMILES string of the molecule is C[C@@H]1CN(Cc2ccc(CC(=O)N3CCC(Nc4cccc(F)c4)CC3)cc2)CCN1.O=C(Cc1ccc(CN2CCNCC2)cc1)N1CCC(Nc2cccc(F)c2)CC1. The van der Waals surface area contributed by atoms with Gasteiger partial charge in [0.1, 0.15) is 11.6 Å². The monoisotopic (exact) mass is 835 g/mol. The zero-order chi connectivity index (χ0) is 42.4. The van der Waals surface area contributed by atoms with Gasteiger partial charge in [0, 0.05) is 115 Å². The lowest BCUT2D eigenvalue weighted by atomic mass is 10.0. The molecule has 0 radical (unpaired) electrons. The van der Waals surface area contributed by atoms with Crippen LogP contribution in [0.4, 0.5) is 20.2 Å². The van der Waals surface area contributed by atoms with Crippen LogP contribution in [0, 0.1) is 11.6 Å². The normalized spacial score (nSPS) is 19.5. The van der Waals surface area contributed by atoms with Crippen LogP contribution in [0.2, 0.25) is 0 Å². The molecule has 4 heterocycles. The molecule has 4 N–H and O–H groups in total. The summed E-state index contributed by atoms with van der Waals surface area (Å²) in [5.74, 6) is -0.0837. The predicted octanol–water partition coefficient (Wildman–Crippen LogP) is 6.14. The van der Waals surface area contributed by atoms with Crippen LogP contribution in [-0.2, 0) is 35.5 Å². The van der Waals surface area contributed by atoms with Gasteiger partial charge in [-0.1, -0.05) is 60.7 Å². The van der Waals surface area contributed by atoms with E-state index in [0.717, 1.165) is 133 Å².